The van der Waals surface area contributed by atoms with Gasteiger partial charge in [-0.2, -0.15) is 0 Å². The molecule has 0 heterocycles. The van der Waals surface area contributed by atoms with E-state index in [9.17, 15) is 24.3 Å². The Bertz CT molecular complexity index is 1380. The number of hydrogen-bond acceptors (Lipinski definition) is 7. The molecule has 3 atom stereocenters. The second-order valence-electron chi connectivity index (χ2n) is 13.1. The molecule has 5 N–H and O–H groups in total. The Labute approximate surface area is 300 Å². The second kappa shape index (κ2) is 19.1. The van der Waals surface area contributed by atoms with E-state index in [1.54, 1.807) is 11.1 Å². The maximum atomic E-state index is 13.8. The number of alkyl carbamates (subject to hydrolysis) is 1. The summed E-state index contributed by atoms with van der Waals surface area (Å²) in [5.41, 5.74) is 2.04. The third-order valence-corrected chi connectivity index (χ3v) is 8.70. The summed E-state index contributed by atoms with van der Waals surface area (Å²) < 4.78 is 6.50. The molecule has 11 nitrogen and oxygen atoms in total. The van der Waals surface area contributed by atoms with Crippen molar-refractivity contribution < 1.29 is 29.0 Å². The van der Waals surface area contributed by atoms with Crippen LogP contribution in [0.3, 0.4) is 0 Å². The number of rotatable bonds is 17. The van der Waals surface area contributed by atoms with E-state index >= 15 is 0 Å². The lowest BCUT2D eigenvalue weighted by Crippen LogP contribution is -2.58. The highest BCUT2D eigenvalue weighted by atomic mass is 79.9. The number of ether oxygens (including phenoxy) is 1. The summed E-state index contributed by atoms with van der Waals surface area (Å²) in [5, 5.41) is 21.8. The molecule has 48 heavy (non-hydrogen) atoms. The summed E-state index contributed by atoms with van der Waals surface area (Å²) in [4.78, 5) is 52.3. The first-order chi connectivity index (χ1) is 22.5. The van der Waals surface area contributed by atoms with Crippen molar-refractivity contribution in [2.24, 2.45) is 11.3 Å². The summed E-state index contributed by atoms with van der Waals surface area (Å²) in [6.45, 7) is 13.5. The molecule has 4 amide bonds. The standard InChI is InChI=1S/C35H49Br2N5O6/c1-8-19-38-30(43)28(23(2)3)39-32(45)35(47,21-24-10-14-26(36)15-11-24)18-9-20-42(22-25-12-16-27(37)17-13-25)41-31(44)29(34(4,5)6)40-33(46)48-7/h8,10-17,23,28-29,47H,1,9,18-22H2,2-7H3,(H,38,43)(H,39,45)(H,40,46)(H,41,44)/t28-,29+,35-/m0/s1. The highest BCUT2D eigenvalue weighted by molar-refractivity contribution is 9.10. The molecule has 13 heteroatoms. The minimum Gasteiger partial charge on any atom is -0.453 e. The van der Waals surface area contributed by atoms with E-state index in [1.807, 2.05) is 83.1 Å². The van der Waals surface area contributed by atoms with E-state index in [0.29, 0.717) is 6.54 Å². The highest BCUT2D eigenvalue weighted by Gasteiger charge is 2.39. The third kappa shape index (κ3) is 13.3. The van der Waals surface area contributed by atoms with Crippen molar-refractivity contribution in [3.8, 4) is 0 Å². The van der Waals surface area contributed by atoms with Gasteiger partial charge in [0, 0.05) is 35.0 Å². The first kappa shape index (κ1) is 40.9. The van der Waals surface area contributed by atoms with Crippen molar-refractivity contribution in [3.63, 3.8) is 0 Å². The van der Waals surface area contributed by atoms with Crippen LogP contribution in [0.5, 0.6) is 0 Å². The van der Waals surface area contributed by atoms with Gasteiger partial charge in [-0.15, -0.1) is 6.58 Å². The number of benzene rings is 2. The Morgan fingerprint density at radius 2 is 1.50 bits per heavy atom. The van der Waals surface area contributed by atoms with Crippen molar-refractivity contribution in [2.45, 2.75) is 78.1 Å². The molecule has 0 aliphatic rings. The first-order valence-electron chi connectivity index (χ1n) is 15.8. The molecule has 0 fully saturated rings. The maximum Gasteiger partial charge on any atom is 0.407 e. The molecule has 2 rings (SSSR count). The summed E-state index contributed by atoms with van der Waals surface area (Å²) in [6.07, 6.45) is 1.13. The molecular formula is C35H49Br2N5O6. The van der Waals surface area contributed by atoms with Gasteiger partial charge in [0.25, 0.3) is 11.8 Å². The molecule has 0 saturated carbocycles. The monoisotopic (exact) mass is 793 g/mol. The van der Waals surface area contributed by atoms with Crippen LogP contribution in [0.15, 0.2) is 70.1 Å². The number of nitrogens with one attached hydrogen (secondary N) is 4. The Morgan fingerprint density at radius 1 is 0.938 bits per heavy atom. The first-order valence-corrected chi connectivity index (χ1v) is 17.4. The fourth-order valence-electron chi connectivity index (χ4n) is 4.93. The number of methoxy groups -OCH3 is 1. The molecule has 0 unspecified atom stereocenters. The predicted molar refractivity (Wildman–Crippen MR) is 193 cm³/mol. The molecule has 0 radical (unpaired) electrons. The van der Waals surface area contributed by atoms with Crippen LogP contribution in [0.1, 0.15) is 58.6 Å². The van der Waals surface area contributed by atoms with Crippen molar-refractivity contribution in [1.82, 2.24) is 26.4 Å². The molecule has 0 saturated heterocycles. The Balaban J connectivity index is 2.35. The molecule has 264 valence electrons. The number of carbonyl (C=O) groups is 4. The molecule has 0 aromatic heterocycles. The smallest absolute Gasteiger partial charge is 0.407 e. The van der Waals surface area contributed by atoms with Crippen LogP contribution >= 0.6 is 31.9 Å². The van der Waals surface area contributed by atoms with E-state index in [0.717, 1.165) is 20.1 Å². The van der Waals surface area contributed by atoms with Gasteiger partial charge in [-0.1, -0.05) is 96.8 Å². The van der Waals surface area contributed by atoms with Crippen LogP contribution < -0.4 is 21.4 Å². The van der Waals surface area contributed by atoms with Crippen molar-refractivity contribution >= 4 is 55.7 Å². The predicted octanol–water partition coefficient (Wildman–Crippen LogP) is 5.01. The fraction of sp³-hybridized carbons (Fsp3) is 0.486. The quantitative estimate of drug-likeness (QED) is 0.112. The largest absolute Gasteiger partial charge is 0.453 e. The van der Waals surface area contributed by atoms with Crippen LogP contribution in [0, 0.1) is 11.3 Å². The van der Waals surface area contributed by atoms with E-state index in [4.69, 9.17) is 4.74 Å². The number of halogens is 2. The maximum absolute atomic E-state index is 13.8. The molecule has 0 aliphatic carbocycles. The van der Waals surface area contributed by atoms with E-state index in [2.05, 4.69) is 59.8 Å². The van der Waals surface area contributed by atoms with E-state index in [1.165, 1.54) is 7.11 Å². The van der Waals surface area contributed by atoms with Crippen molar-refractivity contribution in [1.29, 1.82) is 0 Å². The zero-order chi connectivity index (χ0) is 36.1. The van der Waals surface area contributed by atoms with Crippen LogP contribution in [-0.2, 0) is 32.1 Å². The zero-order valence-electron chi connectivity index (χ0n) is 28.6. The van der Waals surface area contributed by atoms with Gasteiger partial charge in [-0.25, -0.2) is 9.80 Å². The zero-order valence-corrected chi connectivity index (χ0v) is 31.7. The minimum absolute atomic E-state index is 0.000571. The van der Waals surface area contributed by atoms with Crippen LogP contribution in [0.2, 0.25) is 0 Å². The van der Waals surface area contributed by atoms with Crippen molar-refractivity contribution in [2.75, 3.05) is 20.2 Å². The highest BCUT2D eigenvalue weighted by Crippen LogP contribution is 2.24. The molecular weight excluding hydrogens is 746 g/mol. The van der Waals surface area contributed by atoms with Gasteiger partial charge >= 0.3 is 6.09 Å². The number of hydrogen-bond donors (Lipinski definition) is 5. The number of aliphatic hydroxyl groups is 1. The molecule has 0 spiro atoms. The normalized spacial score (nSPS) is 14.0. The van der Waals surface area contributed by atoms with Gasteiger partial charge < -0.3 is 25.8 Å². The lowest BCUT2D eigenvalue weighted by molar-refractivity contribution is -0.144. The van der Waals surface area contributed by atoms with Gasteiger partial charge in [-0.05, 0) is 59.6 Å². The SMILES string of the molecule is C=CCNC(=O)[C@@H](NC(=O)[C@](O)(CCCN(Cc1ccc(Br)cc1)NC(=O)[C@@H](NC(=O)OC)C(C)(C)C)Cc1ccc(Br)cc1)C(C)C. The summed E-state index contributed by atoms with van der Waals surface area (Å²) in [5.74, 6) is -1.74. The van der Waals surface area contributed by atoms with Crippen LogP contribution in [-0.4, -0.2) is 71.8 Å². The van der Waals surface area contributed by atoms with Crippen molar-refractivity contribution in [3.05, 3.63) is 81.3 Å². The summed E-state index contributed by atoms with van der Waals surface area (Å²) >= 11 is 6.87. The van der Waals surface area contributed by atoms with E-state index in [-0.39, 0.29) is 44.2 Å². The number of carbonyl (C=O) groups excluding carboxylic acids is 4. The van der Waals surface area contributed by atoms with E-state index < -0.39 is 41.0 Å². The third-order valence-electron chi connectivity index (χ3n) is 7.64. The number of nitrogens with zero attached hydrogens (tertiary/aromatic N) is 1. The molecule has 2 aromatic rings. The average Bonchev–Trinajstić information content (AvgIpc) is 3.02. The van der Waals surface area contributed by atoms with Gasteiger partial charge in [0.15, 0.2) is 0 Å². The summed E-state index contributed by atoms with van der Waals surface area (Å²) in [6, 6.07) is 13.1. The minimum atomic E-state index is -1.88. The van der Waals surface area contributed by atoms with Gasteiger partial charge in [0.2, 0.25) is 5.91 Å². The van der Waals surface area contributed by atoms with Crippen LogP contribution in [0.4, 0.5) is 4.79 Å². The topological polar surface area (TPSA) is 149 Å². The average molecular weight is 796 g/mol. The summed E-state index contributed by atoms with van der Waals surface area (Å²) in [7, 11) is 1.23. The van der Waals surface area contributed by atoms with Gasteiger partial charge in [0.1, 0.15) is 17.7 Å². The number of amides is 4. The van der Waals surface area contributed by atoms with Crippen LogP contribution in [0.25, 0.3) is 0 Å². The Hall–Kier alpha value is -3.26. The molecule has 0 bridgehead atoms. The van der Waals surface area contributed by atoms with Gasteiger partial charge in [0.05, 0.1) is 7.11 Å². The lowest BCUT2D eigenvalue weighted by Gasteiger charge is -2.33. The molecule has 0 aliphatic heterocycles. The second-order valence-corrected chi connectivity index (χ2v) is 15.0. The Morgan fingerprint density at radius 3 is 2.00 bits per heavy atom. The van der Waals surface area contributed by atoms with Gasteiger partial charge in [-0.3, -0.25) is 19.8 Å². The molecule has 2 aromatic carbocycles. The fourth-order valence-corrected chi connectivity index (χ4v) is 5.46. The Kier molecular flexibility index (Phi) is 16.2. The number of hydrazine groups is 1. The lowest BCUT2D eigenvalue weighted by atomic mass is 9.86.